The van der Waals surface area contributed by atoms with Crippen LogP contribution in [-0.4, -0.2) is 19.1 Å². The number of para-hydroxylation sites is 3. The van der Waals surface area contributed by atoms with Gasteiger partial charge in [0.25, 0.3) is 0 Å². The van der Waals surface area contributed by atoms with Gasteiger partial charge in [0.1, 0.15) is 11.6 Å². The SMILES string of the molecule is Fc1cccc2c1sc1c(-c3cc(-c4cccc5c4sc4c(F)cccc45)nc(-n4c5ccccc5c5ccc6c7ccccc7n(-c7ccccc7)c6c54)n3)cccc12. The Balaban J connectivity index is 1.20. The van der Waals surface area contributed by atoms with Crippen molar-refractivity contribution in [1.82, 2.24) is 19.1 Å². The molecule has 0 radical (unpaired) electrons. The minimum absolute atomic E-state index is 0.240. The van der Waals surface area contributed by atoms with E-state index < -0.39 is 0 Å². The fourth-order valence-electron chi connectivity index (χ4n) is 9.34. The zero-order valence-electron chi connectivity index (χ0n) is 31.5. The fraction of sp³-hybridized carbons (Fsp3) is 0. The van der Waals surface area contributed by atoms with Crippen molar-refractivity contribution >= 4 is 107 Å². The fourth-order valence-corrected chi connectivity index (χ4v) is 11.8. The molecule has 0 saturated heterocycles. The molecule has 0 bridgehead atoms. The van der Waals surface area contributed by atoms with Gasteiger partial charge in [0.05, 0.1) is 42.9 Å². The van der Waals surface area contributed by atoms with Gasteiger partial charge in [-0.05, 0) is 42.5 Å². The molecule has 0 atom stereocenters. The smallest absolute Gasteiger partial charge is 0.235 e. The van der Waals surface area contributed by atoms with Gasteiger partial charge in [-0.3, -0.25) is 4.57 Å². The van der Waals surface area contributed by atoms with Gasteiger partial charge in [0.15, 0.2) is 0 Å². The lowest BCUT2D eigenvalue weighted by molar-refractivity contribution is 0.641. The molecule has 60 heavy (non-hydrogen) atoms. The highest BCUT2D eigenvalue weighted by Gasteiger charge is 2.24. The summed E-state index contributed by atoms with van der Waals surface area (Å²) >= 11 is 2.89. The molecular weight excluding hydrogens is 783 g/mol. The lowest BCUT2D eigenvalue weighted by atomic mass is 10.0. The van der Waals surface area contributed by atoms with Crippen molar-refractivity contribution in [3.8, 4) is 34.2 Å². The third-order valence-corrected chi connectivity index (χ3v) is 14.4. The third-order valence-electron chi connectivity index (χ3n) is 11.9. The highest BCUT2D eigenvalue weighted by Crippen LogP contribution is 2.46. The van der Waals surface area contributed by atoms with Crippen LogP contribution in [0.1, 0.15) is 0 Å². The first kappa shape index (κ1) is 33.7. The Hall–Kier alpha value is -7.26. The Morgan fingerprint density at radius 3 is 1.35 bits per heavy atom. The van der Waals surface area contributed by atoms with Crippen molar-refractivity contribution in [3.05, 3.63) is 181 Å². The summed E-state index contributed by atoms with van der Waals surface area (Å²) < 4.78 is 38.4. The van der Waals surface area contributed by atoms with E-state index in [9.17, 15) is 0 Å². The molecule has 0 spiro atoms. The first-order valence-corrected chi connectivity index (χ1v) is 21.3. The molecule has 0 amide bonds. The third kappa shape index (κ3) is 4.68. The average Bonchev–Trinajstić information content (AvgIpc) is 4.05. The van der Waals surface area contributed by atoms with Crippen molar-refractivity contribution in [3.63, 3.8) is 0 Å². The Morgan fingerprint density at radius 1 is 0.367 bits per heavy atom. The summed E-state index contributed by atoms with van der Waals surface area (Å²) in [7, 11) is 0. The van der Waals surface area contributed by atoms with Crippen LogP contribution in [0.4, 0.5) is 8.78 Å². The van der Waals surface area contributed by atoms with Gasteiger partial charge >= 0.3 is 0 Å². The van der Waals surface area contributed by atoms with Gasteiger partial charge in [-0.15, -0.1) is 22.7 Å². The molecule has 0 unspecified atom stereocenters. The summed E-state index contributed by atoms with van der Waals surface area (Å²) in [6, 6.07) is 56.8. The van der Waals surface area contributed by atoms with Gasteiger partial charge < -0.3 is 4.57 Å². The van der Waals surface area contributed by atoms with Crippen LogP contribution in [0.5, 0.6) is 0 Å². The summed E-state index contributed by atoms with van der Waals surface area (Å²) in [5.74, 6) is 0.0191. The maximum Gasteiger partial charge on any atom is 0.235 e. The number of benzene rings is 8. The predicted molar refractivity (Wildman–Crippen MR) is 247 cm³/mol. The van der Waals surface area contributed by atoms with Crippen LogP contribution >= 0.6 is 22.7 Å². The van der Waals surface area contributed by atoms with Crippen LogP contribution in [-0.2, 0) is 0 Å². The molecule has 0 aliphatic carbocycles. The van der Waals surface area contributed by atoms with E-state index in [1.807, 2.05) is 36.4 Å². The van der Waals surface area contributed by atoms with Gasteiger partial charge in [0.2, 0.25) is 5.95 Å². The molecule has 5 heterocycles. The maximum atomic E-state index is 15.4. The Morgan fingerprint density at radius 2 is 0.800 bits per heavy atom. The molecule has 0 fully saturated rings. The van der Waals surface area contributed by atoms with E-state index in [0.717, 1.165) is 91.4 Å². The quantitative estimate of drug-likeness (QED) is 0.177. The first-order chi connectivity index (χ1) is 29.6. The zero-order valence-corrected chi connectivity index (χ0v) is 33.2. The Labute approximate surface area is 348 Å². The summed E-state index contributed by atoms with van der Waals surface area (Å²) in [5.41, 5.74) is 8.35. The second kappa shape index (κ2) is 12.6. The van der Waals surface area contributed by atoms with Crippen molar-refractivity contribution in [1.29, 1.82) is 0 Å². The number of aromatic nitrogens is 4. The normalized spacial score (nSPS) is 12.2. The summed E-state index contributed by atoms with van der Waals surface area (Å²) in [4.78, 5) is 11.0. The van der Waals surface area contributed by atoms with Crippen LogP contribution < -0.4 is 0 Å². The number of hydrogen-bond acceptors (Lipinski definition) is 4. The number of halogens is 2. The maximum absolute atomic E-state index is 15.4. The van der Waals surface area contributed by atoms with Crippen LogP contribution in [0.3, 0.4) is 0 Å². The molecule has 0 saturated carbocycles. The van der Waals surface area contributed by atoms with Crippen molar-refractivity contribution in [2.24, 2.45) is 0 Å². The number of rotatable bonds is 4. The standard InChI is InChI=1S/C52H28F2N4S2/c53-40-22-10-18-36-34-16-8-20-38(48(34)59-50(36)40)42-28-43(39-21-9-17-35-37-19-11-23-41(54)51(37)60-49(35)39)56-52(55-42)58-45-25-7-5-15-31(45)33-27-26-32-30-14-4-6-24-44(30)57(46(32)47(33)58)29-12-2-1-3-13-29/h1-28H. The molecule has 282 valence electrons. The molecular formula is C52H28F2N4S2. The van der Waals surface area contributed by atoms with Gasteiger partial charge in [0, 0.05) is 69.3 Å². The van der Waals surface area contributed by atoms with E-state index in [4.69, 9.17) is 9.97 Å². The number of hydrogen-bond donors (Lipinski definition) is 0. The van der Waals surface area contributed by atoms with Gasteiger partial charge in [-0.25, -0.2) is 18.7 Å². The van der Waals surface area contributed by atoms with E-state index in [-0.39, 0.29) is 11.6 Å². The summed E-state index contributed by atoms with van der Waals surface area (Å²) in [5, 5.41) is 8.14. The van der Waals surface area contributed by atoms with Crippen molar-refractivity contribution < 1.29 is 8.78 Å². The van der Waals surface area contributed by atoms with E-state index in [2.05, 4.69) is 118 Å². The van der Waals surface area contributed by atoms with Crippen LogP contribution in [0.15, 0.2) is 170 Å². The van der Waals surface area contributed by atoms with Crippen LogP contribution in [0.25, 0.3) is 118 Å². The second-order valence-electron chi connectivity index (χ2n) is 15.1. The minimum Gasteiger partial charge on any atom is -0.307 e. The lowest BCUT2D eigenvalue weighted by Gasteiger charge is -2.14. The molecule has 13 aromatic rings. The minimum atomic E-state index is -0.240. The molecule has 8 heteroatoms. The second-order valence-corrected chi connectivity index (χ2v) is 17.2. The van der Waals surface area contributed by atoms with E-state index in [0.29, 0.717) is 26.7 Å². The molecule has 13 rings (SSSR count). The van der Waals surface area contributed by atoms with Crippen LogP contribution in [0.2, 0.25) is 0 Å². The Kier molecular flexibility index (Phi) is 7.09. The molecule has 5 aromatic heterocycles. The Bertz CT molecular complexity index is 3790. The van der Waals surface area contributed by atoms with E-state index in [1.54, 1.807) is 12.1 Å². The average molecular weight is 811 g/mol. The highest BCUT2D eigenvalue weighted by molar-refractivity contribution is 7.26. The molecule has 0 N–H and O–H groups in total. The number of fused-ring (bicyclic) bond motifs is 13. The largest absolute Gasteiger partial charge is 0.307 e. The molecule has 0 aliphatic heterocycles. The highest BCUT2D eigenvalue weighted by atomic mass is 32.1. The van der Waals surface area contributed by atoms with Crippen molar-refractivity contribution in [2.75, 3.05) is 0 Å². The van der Waals surface area contributed by atoms with E-state index >= 15 is 8.78 Å². The van der Waals surface area contributed by atoms with Crippen LogP contribution in [0, 0.1) is 11.6 Å². The summed E-state index contributed by atoms with van der Waals surface area (Å²) in [6.07, 6.45) is 0. The molecule has 4 nitrogen and oxygen atoms in total. The summed E-state index contributed by atoms with van der Waals surface area (Å²) in [6.45, 7) is 0. The molecule has 8 aromatic carbocycles. The predicted octanol–water partition coefficient (Wildman–Crippen LogP) is 15.0. The van der Waals surface area contributed by atoms with E-state index in [1.165, 1.54) is 34.8 Å². The van der Waals surface area contributed by atoms with Crippen molar-refractivity contribution in [2.45, 2.75) is 0 Å². The van der Waals surface area contributed by atoms with Gasteiger partial charge in [-0.1, -0.05) is 127 Å². The topological polar surface area (TPSA) is 35.6 Å². The number of nitrogens with zero attached hydrogens (tertiary/aromatic N) is 4. The monoisotopic (exact) mass is 810 g/mol. The molecule has 0 aliphatic rings. The lowest BCUT2D eigenvalue weighted by Crippen LogP contribution is -2.05. The number of thiophene rings is 2. The van der Waals surface area contributed by atoms with Gasteiger partial charge in [-0.2, -0.15) is 0 Å². The zero-order chi connectivity index (χ0) is 39.6. The first-order valence-electron chi connectivity index (χ1n) is 19.7.